The summed E-state index contributed by atoms with van der Waals surface area (Å²) in [7, 11) is -4.50. The van der Waals surface area contributed by atoms with Gasteiger partial charge in [-0.25, -0.2) is 8.42 Å². The van der Waals surface area contributed by atoms with E-state index in [-0.39, 0.29) is 4.90 Å². The van der Waals surface area contributed by atoms with Crippen LogP contribution >= 0.6 is 0 Å². The molecular weight excluding hydrogens is 296 g/mol. The summed E-state index contributed by atoms with van der Waals surface area (Å²) in [6.45, 7) is 2.19. The molecule has 1 N–H and O–H groups in total. The van der Waals surface area contributed by atoms with E-state index in [9.17, 15) is 17.2 Å². The molecule has 1 aromatic carbocycles. The summed E-state index contributed by atoms with van der Waals surface area (Å²) < 4.78 is 47.6. The van der Waals surface area contributed by atoms with Crippen molar-refractivity contribution in [1.29, 1.82) is 0 Å². The number of sulfone groups is 1. The zero-order chi connectivity index (χ0) is 15.5. The van der Waals surface area contributed by atoms with Crippen molar-refractivity contribution in [3.63, 3.8) is 0 Å². The molecule has 0 aromatic heterocycles. The van der Waals surface area contributed by atoms with Gasteiger partial charge in [0.15, 0.2) is 0 Å². The van der Waals surface area contributed by atoms with Gasteiger partial charge in [0.1, 0.15) is 0 Å². The molecule has 0 radical (unpaired) electrons. The Hall–Kier alpha value is -1.17. The van der Waals surface area contributed by atoms with Crippen molar-refractivity contribution >= 4 is 15.5 Å². The standard InChI is InChI=1S/C15H21F2NO2S/c1-2-11-4-3-5-13(10-11)18-12-6-8-14(9-7-12)21(19,20)15(16)17/h6-9,11,13,15,18H,2-5,10H2,1H3. The number of benzene rings is 1. The van der Waals surface area contributed by atoms with Crippen molar-refractivity contribution < 1.29 is 17.2 Å². The lowest BCUT2D eigenvalue weighted by molar-refractivity contribution is 0.234. The fourth-order valence-corrected chi connectivity index (χ4v) is 3.59. The van der Waals surface area contributed by atoms with Gasteiger partial charge in [0.2, 0.25) is 9.84 Å². The first-order valence-corrected chi connectivity index (χ1v) is 8.86. The Morgan fingerprint density at radius 3 is 2.48 bits per heavy atom. The average Bonchev–Trinajstić information content (AvgIpc) is 2.48. The molecule has 1 aromatic rings. The number of alkyl halides is 2. The van der Waals surface area contributed by atoms with Crippen LogP contribution in [-0.4, -0.2) is 20.2 Å². The third-order valence-corrected chi connectivity index (χ3v) is 5.55. The van der Waals surface area contributed by atoms with Crippen LogP contribution in [0, 0.1) is 5.92 Å². The van der Waals surface area contributed by atoms with Crippen molar-refractivity contribution in [2.24, 2.45) is 5.92 Å². The summed E-state index contributed by atoms with van der Waals surface area (Å²) in [6.07, 6.45) is 5.82. The topological polar surface area (TPSA) is 46.2 Å². The molecule has 2 unspecified atom stereocenters. The smallest absolute Gasteiger partial charge is 0.341 e. The van der Waals surface area contributed by atoms with E-state index in [4.69, 9.17) is 0 Å². The maximum Gasteiger partial charge on any atom is 0.341 e. The van der Waals surface area contributed by atoms with Gasteiger partial charge in [-0.3, -0.25) is 0 Å². The predicted molar refractivity (Wildman–Crippen MR) is 79.3 cm³/mol. The Labute approximate surface area is 124 Å². The van der Waals surface area contributed by atoms with E-state index in [1.54, 1.807) is 12.1 Å². The van der Waals surface area contributed by atoms with Crippen LogP contribution in [0.5, 0.6) is 0 Å². The summed E-state index contributed by atoms with van der Waals surface area (Å²) >= 11 is 0. The molecule has 1 aliphatic carbocycles. The first-order chi connectivity index (χ1) is 9.93. The maximum atomic E-state index is 12.4. The van der Waals surface area contributed by atoms with Gasteiger partial charge < -0.3 is 5.32 Å². The minimum atomic E-state index is -4.50. The summed E-state index contributed by atoms with van der Waals surface area (Å²) in [6, 6.07) is 5.98. The first-order valence-electron chi connectivity index (χ1n) is 7.32. The van der Waals surface area contributed by atoms with Gasteiger partial charge in [0.25, 0.3) is 0 Å². The number of hydrogen-bond acceptors (Lipinski definition) is 3. The van der Waals surface area contributed by atoms with E-state index >= 15 is 0 Å². The average molecular weight is 317 g/mol. The Morgan fingerprint density at radius 1 is 1.24 bits per heavy atom. The molecule has 1 fully saturated rings. The van der Waals surface area contributed by atoms with Crippen LogP contribution in [0.3, 0.4) is 0 Å². The van der Waals surface area contributed by atoms with Gasteiger partial charge >= 0.3 is 5.76 Å². The minimum absolute atomic E-state index is 0.335. The second kappa shape index (κ2) is 6.73. The van der Waals surface area contributed by atoms with Crippen LogP contribution in [0.4, 0.5) is 14.5 Å². The molecular formula is C15H21F2NO2S. The lowest BCUT2D eigenvalue weighted by Gasteiger charge is -2.29. The zero-order valence-corrected chi connectivity index (χ0v) is 12.9. The summed E-state index contributed by atoms with van der Waals surface area (Å²) in [5, 5.41) is 3.37. The molecule has 0 spiro atoms. The molecule has 0 saturated heterocycles. The summed E-state index contributed by atoms with van der Waals surface area (Å²) in [5.41, 5.74) is 0.782. The fourth-order valence-electron chi connectivity index (χ4n) is 2.87. The van der Waals surface area contributed by atoms with E-state index < -0.39 is 15.6 Å². The minimum Gasteiger partial charge on any atom is -0.382 e. The van der Waals surface area contributed by atoms with Crippen molar-refractivity contribution in [3.05, 3.63) is 24.3 Å². The Balaban J connectivity index is 2.03. The molecule has 2 rings (SSSR count). The predicted octanol–water partition coefficient (Wildman–Crippen LogP) is 4.06. The molecule has 118 valence electrons. The monoisotopic (exact) mass is 317 g/mol. The van der Waals surface area contributed by atoms with Crippen LogP contribution in [0.2, 0.25) is 0 Å². The molecule has 21 heavy (non-hydrogen) atoms. The van der Waals surface area contributed by atoms with Crippen LogP contribution in [0.1, 0.15) is 39.0 Å². The van der Waals surface area contributed by atoms with E-state index in [1.165, 1.54) is 31.4 Å². The van der Waals surface area contributed by atoms with Crippen LogP contribution in [0.25, 0.3) is 0 Å². The Morgan fingerprint density at radius 2 is 1.90 bits per heavy atom. The normalized spacial score (nSPS) is 23.2. The van der Waals surface area contributed by atoms with Gasteiger partial charge in [-0.15, -0.1) is 0 Å². The van der Waals surface area contributed by atoms with Gasteiger partial charge in [0.05, 0.1) is 4.90 Å². The van der Waals surface area contributed by atoms with E-state index in [2.05, 4.69) is 12.2 Å². The third-order valence-electron chi connectivity index (χ3n) is 4.15. The molecule has 0 heterocycles. The van der Waals surface area contributed by atoms with Gasteiger partial charge in [-0.1, -0.05) is 26.2 Å². The van der Waals surface area contributed by atoms with Crippen LogP contribution in [0.15, 0.2) is 29.2 Å². The lowest BCUT2D eigenvalue weighted by atomic mass is 9.84. The second-order valence-electron chi connectivity index (χ2n) is 5.61. The van der Waals surface area contributed by atoms with Crippen molar-refractivity contribution in [2.45, 2.75) is 55.7 Å². The van der Waals surface area contributed by atoms with Crippen molar-refractivity contribution in [2.75, 3.05) is 5.32 Å². The number of anilines is 1. The quantitative estimate of drug-likeness (QED) is 0.890. The molecule has 1 aliphatic rings. The SMILES string of the molecule is CCC1CCCC(Nc2ccc(S(=O)(=O)C(F)F)cc2)C1. The van der Waals surface area contributed by atoms with Crippen molar-refractivity contribution in [3.8, 4) is 0 Å². The van der Waals surface area contributed by atoms with Crippen LogP contribution in [-0.2, 0) is 9.84 Å². The van der Waals surface area contributed by atoms with Gasteiger partial charge in [0, 0.05) is 11.7 Å². The molecule has 3 nitrogen and oxygen atoms in total. The highest BCUT2D eigenvalue weighted by Crippen LogP contribution is 2.29. The molecule has 0 aliphatic heterocycles. The van der Waals surface area contributed by atoms with Crippen molar-refractivity contribution in [1.82, 2.24) is 0 Å². The van der Waals surface area contributed by atoms with Crippen LogP contribution < -0.4 is 5.32 Å². The van der Waals surface area contributed by atoms with E-state index in [0.717, 1.165) is 24.4 Å². The summed E-state index contributed by atoms with van der Waals surface area (Å²) in [4.78, 5) is -0.335. The Bertz CT molecular complexity index is 558. The first kappa shape index (κ1) is 16.2. The molecule has 1 saturated carbocycles. The number of halogens is 2. The summed E-state index contributed by atoms with van der Waals surface area (Å²) in [5.74, 6) is -2.64. The molecule has 6 heteroatoms. The highest BCUT2D eigenvalue weighted by molar-refractivity contribution is 7.91. The fraction of sp³-hybridized carbons (Fsp3) is 0.600. The third kappa shape index (κ3) is 3.93. The molecule has 2 atom stereocenters. The Kier molecular flexibility index (Phi) is 5.19. The molecule has 0 bridgehead atoms. The number of rotatable bonds is 5. The number of nitrogens with one attached hydrogen (secondary N) is 1. The zero-order valence-electron chi connectivity index (χ0n) is 12.1. The van der Waals surface area contributed by atoms with E-state index in [0.29, 0.717) is 6.04 Å². The second-order valence-corrected chi connectivity index (χ2v) is 7.53. The van der Waals surface area contributed by atoms with Gasteiger partial charge in [-0.2, -0.15) is 8.78 Å². The highest BCUT2D eigenvalue weighted by Gasteiger charge is 2.26. The maximum absolute atomic E-state index is 12.4. The number of hydrogen-bond donors (Lipinski definition) is 1. The largest absolute Gasteiger partial charge is 0.382 e. The lowest BCUT2D eigenvalue weighted by Crippen LogP contribution is -2.27. The van der Waals surface area contributed by atoms with Gasteiger partial charge in [-0.05, 0) is 43.0 Å². The highest BCUT2D eigenvalue weighted by atomic mass is 32.2. The van der Waals surface area contributed by atoms with E-state index in [1.807, 2.05) is 0 Å². The molecule has 0 amide bonds.